The van der Waals surface area contributed by atoms with Crippen LogP contribution in [0.25, 0.3) is 0 Å². The van der Waals surface area contributed by atoms with Crippen molar-refractivity contribution in [3.63, 3.8) is 0 Å². The molecule has 0 radical (unpaired) electrons. The third kappa shape index (κ3) is 5.19. The largest absolute Gasteiger partial charge is 0.383 e. The summed E-state index contributed by atoms with van der Waals surface area (Å²) in [6, 6.07) is 1.26. The molecular weight excluding hydrogens is 420 g/mol. The second-order valence-electron chi connectivity index (χ2n) is 7.49. The number of unbranched alkanes of at least 4 members (excludes halogenated alkanes) is 1. The molecule has 11 nitrogen and oxygen atoms in total. The number of hydrogen-bond donors (Lipinski definition) is 4. The van der Waals surface area contributed by atoms with Crippen LogP contribution in [0.5, 0.6) is 0 Å². The molecular formula is C19H28N8O3S. The van der Waals surface area contributed by atoms with Crippen molar-refractivity contribution in [1.82, 2.24) is 19.5 Å². The number of amides is 1. The first-order valence-corrected chi connectivity index (χ1v) is 11.3. The molecule has 1 aliphatic rings. The van der Waals surface area contributed by atoms with E-state index in [1.54, 1.807) is 0 Å². The van der Waals surface area contributed by atoms with Gasteiger partial charge in [-0.3, -0.25) is 19.1 Å². The first kappa shape index (κ1) is 22.7. The van der Waals surface area contributed by atoms with Crippen molar-refractivity contribution < 1.29 is 4.79 Å². The van der Waals surface area contributed by atoms with Crippen molar-refractivity contribution in [1.29, 1.82) is 0 Å². The topological polar surface area (TPSA) is 179 Å². The first-order valence-electron chi connectivity index (χ1n) is 10.3. The van der Waals surface area contributed by atoms with Crippen molar-refractivity contribution in [2.75, 3.05) is 27.9 Å². The van der Waals surface area contributed by atoms with Gasteiger partial charge in [0.2, 0.25) is 5.91 Å². The van der Waals surface area contributed by atoms with Gasteiger partial charge >= 0.3 is 5.69 Å². The average Bonchev–Trinajstić information content (AvgIpc) is 3.22. The van der Waals surface area contributed by atoms with E-state index in [1.807, 2.05) is 6.92 Å². The number of nitrogen functional groups attached to an aromatic ring is 3. The van der Waals surface area contributed by atoms with Crippen LogP contribution in [-0.4, -0.2) is 37.2 Å². The highest BCUT2D eigenvalue weighted by atomic mass is 32.2. The molecule has 1 aliphatic carbocycles. The number of H-pyrrole nitrogens is 1. The van der Waals surface area contributed by atoms with Crippen LogP contribution in [0.15, 0.2) is 20.8 Å². The maximum absolute atomic E-state index is 13.3. The summed E-state index contributed by atoms with van der Waals surface area (Å²) in [5.41, 5.74) is 16.4. The monoisotopic (exact) mass is 448 g/mol. The van der Waals surface area contributed by atoms with E-state index in [-0.39, 0.29) is 46.0 Å². The molecule has 2 aromatic rings. The number of thioether (sulfide) groups is 1. The smallest absolute Gasteiger partial charge is 0.330 e. The summed E-state index contributed by atoms with van der Waals surface area (Å²) in [5.74, 6) is 0.0701. The molecule has 0 aromatic carbocycles. The fourth-order valence-corrected chi connectivity index (χ4v) is 4.48. The van der Waals surface area contributed by atoms with Crippen LogP contribution in [0.1, 0.15) is 45.4 Å². The Morgan fingerprint density at radius 2 is 1.87 bits per heavy atom. The van der Waals surface area contributed by atoms with Gasteiger partial charge < -0.3 is 22.1 Å². The second kappa shape index (κ2) is 9.86. The molecule has 168 valence electrons. The molecule has 2 aromatic heterocycles. The zero-order valence-electron chi connectivity index (χ0n) is 17.5. The van der Waals surface area contributed by atoms with Crippen molar-refractivity contribution >= 4 is 40.8 Å². The summed E-state index contributed by atoms with van der Waals surface area (Å²) in [5, 5.41) is 0.270. The van der Waals surface area contributed by atoms with Gasteiger partial charge in [0.05, 0.1) is 5.75 Å². The standard InChI is InChI=1S/C19H28N8O3S/c1-2-3-8-26-16(22)15(17(29)25-19(26)30)27(11-6-4-5-7-11)14(28)10-31-18-23-12(20)9-13(21)24-18/h9,11H,2-8,10,22H2,1H3,(H,25,29,30)(H4,20,21,23,24). The zero-order chi connectivity index (χ0) is 22.5. The van der Waals surface area contributed by atoms with Crippen LogP contribution in [0.3, 0.4) is 0 Å². The number of nitrogens with zero attached hydrogens (tertiary/aromatic N) is 4. The fraction of sp³-hybridized carbons (Fsp3) is 0.526. The van der Waals surface area contributed by atoms with Crippen LogP contribution < -0.4 is 33.3 Å². The van der Waals surface area contributed by atoms with E-state index in [9.17, 15) is 14.4 Å². The number of carbonyl (C=O) groups excluding carboxylic acids is 1. The molecule has 2 heterocycles. The van der Waals surface area contributed by atoms with Gasteiger partial charge in [0.15, 0.2) is 10.8 Å². The third-order valence-corrected chi connectivity index (χ3v) is 6.05. The zero-order valence-corrected chi connectivity index (χ0v) is 18.3. The lowest BCUT2D eigenvalue weighted by Gasteiger charge is -2.29. The Morgan fingerprint density at radius 1 is 1.23 bits per heavy atom. The molecule has 1 amide bonds. The Bertz CT molecular complexity index is 1040. The van der Waals surface area contributed by atoms with E-state index in [1.165, 1.54) is 15.5 Å². The first-order chi connectivity index (χ1) is 14.8. The van der Waals surface area contributed by atoms with Crippen molar-refractivity contribution in [3.8, 4) is 0 Å². The number of carbonyl (C=O) groups is 1. The van der Waals surface area contributed by atoms with Gasteiger partial charge in [0.1, 0.15) is 17.5 Å². The minimum atomic E-state index is -0.662. The Morgan fingerprint density at radius 3 is 2.48 bits per heavy atom. The second-order valence-corrected chi connectivity index (χ2v) is 8.43. The molecule has 12 heteroatoms. The van der Waals surface area contributed by atoms with Gasteiger partial charge in [-0.1, -0.05) is 37.9 Å². The minimum absolute atomic E-state index is 0.0110. The fourth-order valence-electron chi connectivity index (χ4n) is 3.74. The molecule has 0 unspecified atom stereocenters. The highest BCUT2D eigenvalue weighted by molar-refractivity contribution is 7.99. The van der Waals surface area contributed by atoms with Crippen LogP contribution in [0.2, 0.25) is 0 Å². The van der Waals surface area contributed by atoms with E-state index in [2.05, 4.69) is 15.0 Å². The SMILES string of the molecule is CCCCn1c(N)c(N(C(=O)CSc2nc(N)cc(N)n2)C2CCCC2)c(=O)[nH]c1=O. The Hall–Kier alpha value is -3.02. The van der Waals surface area contributed by atoms with Gasteiger partial charge in [-0.15, -0.1) is 0 Å². The van der Waals surface area contributed by atoms with E-state index >= 15 is 0 Å². The third-order valence-electron chi connectivity index (χ3n) is 5.22. The van der Waals surface area contributed by atoms with Crippen molar-refractivity contribution in [2.24, 2.45) is 0 Å². The number of hydrogen-bond acceptors (Lipinski definition) is 9. The molecule has 0 atom stereocenters. The molecule has 31 heavy (non-hydrogen) atoms. The number of nitrogens with two attached hydrogens (primary N) is 3. The normalized spacial score (nSPS) is 14.1. The van der Waals surface area contributed by atoms with Gasteiger partial charge in [-0.05, 0) is 19.3 Å². The molecule has 1 fully saturated rings. The van der Waals surface area contributed by atoms with Crippen LogP contribution >= 0.6 is 11.8 Å². The highest BCUT2D eigenvalue weighted by Gasteiger charge is 2.32. The molecule has 3 rings (SSSR count). The number of nitrogens with one attached hydrogen (secondary N) is 1. The summed E-state index contributed by atoms with van der Waals surface area (Å²) in [4.78, 5) is 50.2. The molecule has 0 spiro atoms. The predicted octanol–water partition coefficient (Wildman–Crippen LogP) is 0.941. The number of rotatable bonds is 8. The maximum atomic E-state index is 13.3. The highest BCUT2D eigenvalue weighted by Crippen LogP contribution is 2.30. The van der Waals surface area contributed by atoms with Crippen molar-refractivity contribution in [2.45, 2.75) is 63.2 Å². The summed E-state index contributed by atoms with van der Waals surface area (Å²) < 4.78 is 1.32. The Labute approximate surface area is 183 Å². The van der Waals surface area contributed by atoms with Gasteiger partial charge in [-0.2, -0.15) is 0 Å². The molecule has 0 bridgehead atoms. The van der Waals surface area contributed by atoms with Gasteiger partial charge in [0, 0.05) is 18.7 Å². The maximum Gasteiger partial charge on any atom is 0.330 e. The predicted molar refractivity (Wildman–Crippen MR) is 122 cm³/mol. The minimum Gasteiger partial charge on any atom is -0.383 e. The lowest BCUT2D eigenvalue weighted by atomic mass is 10.2. The molecule has 7 N–H and O–H groups in total. The quantitative estimate of drug-likeness (QED) is 0.338. The van der Waals surface area contributed by atoms with E-state index in [0.717, 1.165) is 50.3 Å². The van der Waals surface area contributed by atoms with E-state index in [0.29, 0.717) is 6.54 Å². The number of aromatic amines is 1. The lowest BCUT2D eigenvalue weighted by Crippen LogP contribution is -2.46. The van der Waals surface area contributed by atoms with Crippen LogP contribution in [0, 0.1) is 0 Å². The Balaban J connectivity index is 1.95. The molecule has 0 saturated heterocycles. The van der Waals surface area contributed by atoms with Crippen molar-refractivity contribution in [3.05, 3.63) is 26.9 Å². The average molecular weight is 449 g/mol. The van der Waals surface area contributed by atoms with Gasteiger partial charge in [0.25, 0.3) is 5.56 Å². The number of aromatic nitrogens is 4. The van der Waals surface area contributed by atoms with E-state index < -0.39 is 11.2 Å². The molecule has 1 saturated carbocycles. The van der Waals surface area contributed by atoms with Gasteiger partial charge in [-0.25, -0.2) is 14.8 Å². The summed E-state index contributed by atoms with van der Waals surface area (Å²) in [6.45, 7) is 2.35. The Kier molecular flexibility index (Phi) is 7.21. The molecule has 0 aliphatic heterocycles. The summed E-state index contributed by atoms with van der Waals surface area (Å²) in [7, 11) is 0. The van der Waals surface area contributed by atoms with Crippen LogP contribution in [0.4, 0.5) is 23.1 Å². The van der Waals surface area contributed by atoms with Crippen LogP contribution in [-0.2, 0) is 11.3 Å². The van der Waals surface area contributed by atoms with E-state index in [4.69, 9.17) is 17.2 Å². The summed E-state index contributed by atoms with van der Waals surface area (Å²) in [6.07, 6.45) is 4.98. The lowest BCUT2D eigenvalue weighted by molar-refractivity contribution is -0.116. The number of anilines is 4. The summed E-state index contributed by atoms with van der Waals surface area (Å²) >= 11 is 1.08.